The van der Waals surface area contributed by atoms with Gasteiger partial charge in [0.15, 0.2) is 0 Å². The van der Waals surface area contributed by atoms with Crippen molar-refractivity contribution >= 4 is 0 Å². The van der Waals surface area contributed by atoms with Gasteiger partial charge in [-0.25, -0.2) is 4.98 Å². The minimum atomic E-state index is 0.294. The lowest BCUT2D eigenvalue weighted by Crippen LogP contribution is -2.58. The van der Waals surface area contributed by atoms with Crippen LogP contribution in [0.5, 0.6) is 0 Å². The highest BCUT2D eigenvalue weighted by atomic mass is 15.2. The maximum atomic E-state index is 4.50. The van der Waals surface area contributed by atoms with Crippen LogP contribution in [0.1, 0.15) is 38.4 Å². The van der Waals surface area contributed by atoms with Gasteiger partial charge in [-0.15, -0.1) is 0 Å². The third-order valence-corrected chi connectivity index (χ3v) is 4.77. The molecule has 1 aliphatic carbocycles. The van der Waals surface area contributed by atoms with Crippen molar-refractivity contribution < 1.29 is 0 Å². The van der Waals surface area contributed by atoms with Gasteiger partial charge in [0.2, 0.25) is 0 Å². The number of nitrogens with one attached hydrogen (secondary N) is 1. The average molecular weight is 264 g/mol. The number of imidazole rings is 1. The van der Waals surface area contributed by atoms with E-state index in [4.69, 9.17) is 0 Å². The zero-order chi connectivity index (χ0) is 13.9. The Kier molecular flexibility index (Phi) is 4.63. The first kappa shape index (κ1) is 14.5. The summed E-state index contributed by atoms with van der Waals surface area (Å²) in [5.41, 5.74) is 0.294. The molecule has 0 saturated heterocycles. The molecular weight excluding hydrogens is 236 g/mol. The summed E-state index contributed by atoms with van der Waals surface area (Å²) in [5, 5.41) is 3.72. The van der Waals surface area contributed by atoms with Crippen LogP contribution in [0.25, 0.3) is 0 Å². The Bertz CT molecular complexity index is 391. The van der Waals surface area contributed by atoms with E-state index >= 15 is 0 Å². The Balaban J connectivity index is 2.20. The largest absolute Gasteiger partial charge is 0.338 e. The van der Waals surface area contributed by atoms with Crippen LogP contribution in [0.3, 0.4) is 0 Å². The summed E-state index contributed by atoms with van der Waals surface area (Å²) in [4.78, 5) is 6.94. The molecule has 1 aromatic heterocycles. The van der Waals surface area contributed by atoms with Crippen molar-refractivity contribution in [1.29, 1.82) is 0 Å². The van der Waals surface area contributed by atoms with E-state index in [1.807, 2.05) is 12.4 Å². The molecule has 19 heavy (non-hydrogen) atoms. The molecule has 1 heterocycles. The van der Waals surface area contributed by atoms with E-state index in [0.29, 0.717) is 11.6 Å². The Labute approximate surface area is 117 Å². The predicted molar refractivity (Wildman–Crippen MR) is 79.3 cm³/mol. The molecule has 1 saturated carbocycles. The normalized spacial score (nSPS) is 20.1. The summed E-state index contributed by atoms with van der Waals surface area (Å²) < 4.78 is 2.14. The topological polar surface area (TPSA) is 33.1 Å². The van der Waals surface area contributed by atoms with Crippen LogP contribution in [0.2, 0.25) is 0 Å². The molecule has 0 spiro atoms. The summed E-state index contributed by atoms with van der Waals surface area (Å²) in [7, 11) is 6.55. The molecule has 2 rings (SSSR count). The molecule has 1 unspecified atom stereocenters. The summed E-state index contributed by atoms with van der Waals surface area (Å²) in [6.45, 7) is 3.22. The molecule has 0 amide bonds. The Morgan fingerprint density at radius 2 is 2.11 bits per heavy atom. The summed E-state index contributed by atoms with van der Waals surface area (Å²) in [6.07, 6.45) is 10.2. The second-order valence-electron chi connectivity index (χ2n) is 5.97. The van der Waals surface area contributed by atoms with Gasteiger partial charge in [0, 0.05) is 37.4 Å². The highest BCUT2D eigenvalue weighted by Gasteiger charge is 2.43. The summed E-state index contributed by atoms with van der Waals surface area (Å²) in [5.74, 6) is 1.18. The van der Waals surface area contributed by atoms with Crippen LogP contribution in [0, 0.1) is 0 Å². The predicted octanol–water partition coefficient (Wildman–Crippen LogP) is 1.82. The van der Waals surface area contributed by atoms with Crippen molar-refractivity contribution in [1.82, 2.24) is 19.8 Å². The van der Waals surface area contributed by atoms with Gasteiger partial charge in [-0.1, -0.05) is 19.8 Å². The molecule has 0 radical (unpaired) electrons. The average Bonchev–Trinajstić information content (AvgIpc) is 2.99. The van der Waals surface area contributed by atoms with Gasteiger partial charge in [0.25, 0.3) is 0 Å². The van der Waals surface area contributed by atoms with E-state index < -0.39 is 0 Å². The van der Waals surface area contributed by atoms with Crippen LogP contribution in [-0.4, -0.2) is 46.7 Å². The Hall–Kier alpha value is -0.870. The highest BCUT2D eigenvalue weighted by Crippen LogP contribution is 2.37. The first-order chi connectivity index (χ1) is 9.10. The van der Waals surface area contributed by atoms with Gasteiger partial charge in [-0.2, -0.15) is 0 Å². The molecule has 0 aliphatic heterocycles. The molecule has 1 atom stereocenters. The van der Waals surface area contributed by atoms with Crippen molar-refractivity contribution in [3.8, 4) is 0 Å². The lowest BCUT2D eigenvalue weighted by molar-refractivity contribution is 0.104. The number of likely N-dealkylation sites (N-methyl/N-ethyl adjacent to an activating group) is 2. The number of aromatic nitrogens is 2. The smallest absolute Gasteiger partial charge is 0.109 e. The quantitative estimate of drug-likeness (QED) is 0.851. The van der Waals surface area contributed by atoms with Crippen LogP contribution >= 0.6 is 0 Å². The fraction of sp³-hybridized carbons (Fsp3) is 0.800. The number of aryl methyl sites for hydroxylation is 1. The van der Waals surface area contributed by atoms with Crippen LogP contribution in [-0.2, 0) is 13.5 Å². The van der Waals surface area contributed by atoms with Crippen molar-refractivity contribution in [2.75, 3.05) is 20.6 Å². The zero-order valence-electron chi connectivity index (χ0n) is 12.8. The SMILES string of the molecule is CCNC(Cc1nccn1C)C1(N(C)C)CCCC1. The monoisotopic (exact) mass is 264 g/mol. The van der Waals surface area contributed by atoms with Crippen molar-refractivity contribution in [3.63, 3.8) is 0 Å². The Morgan fingerprint density at radius 1 is 1.42 bits per heavy atom. The standard InChI is InChI=1S/C15H28N4/c1-5-16-13(12-14-17-10-11-19(14)4)15(18(2)3)8-6-7-9-15/h10-11,13,16H,5-9,12H2,1-4H3. The van der Waals surface area contributed by atoms with Crippen LogP contribution in [0.15, 0.2) is 12.4 Å². The molecule has 4 nitrogen and oxygen atoms in total. The lowest BCUT2D eigenvalue weighted by Gasteiger charge is -2.43. The first-order valence-corrected chi connectivity index (χ1v) is 7.47. The van der Waals surface area contributed by atoms with E-state index in [-0.39, 0.29) is 0 Å². The van der Waals surface area contributed by atoms with Gasteiger partial charge in [0.05, 0.1) is 0 Å². The number of rotatable bonds is 6. The maximum absolute atomic E-state index is 4.50. The fourth-order valence-electron chi connectivity index (χ4n) is 3.57. The van der Waals surface area contributed by atoms with E-state index in [1.54, 1.807) is 0 Å². The van der Waals surface area contributed by atoms with Crippen LogP contribution in [0.4, 0.5) is 0 Å². The minimum absolute atomic E-state index is 0.294. The number of hydrogen-bond donors (Lipinski definition) is 1. The van der Waals surface area contributed by atoms with Crippen molar-refractivity contribution in [3.05, 3.63) is 18.2 Å². The minimum Gasteiger partial charge on any atom is -0.338 e. The van der Waals surface area contributed by atoms with E-state index in [0.717, 1.165) is 13.0 Å². The van der Waals surface area contributed by atoms with E-state index in [9.17, 15) is 0 Å². The second-order valence-corrected chi connectivity index (χ2v) is 5.97. The molecule has 1 aliphatic rings. The lowest BCUT2D eigenvalue weighted by atomic mass is 9.84. The van der Waals surface area contributed by atoms with Gasteiger partial charge in [-0.3, -0.25) is 0 Å². The summed E-state index contributed by atoms with van der Waals surface area (Å²) in [6, 6.07) is 0.483. The van der Waals surface area contributed by atoms with E-state index in [2.05, 4.69) is 47.8 Å². The zero-order valence-corrected chi connectivity index (χ0v) is 12.8. The molecule has 4 heteroatoms. The van der Waals surface area contributed by atoms with Gasteiger partial charge < -0.3 is 14.8 Å². The van der Waals surface area contributed by atoms with Crippen molar-refractivity contribution in [2.45, 2.75) is 50.6 Å². The van der Waals surface area contributed by atoms with E-state index in [1.165, 1.54) is 31.5 Å². The molecule has 108 valence electrons. The molecule has 1 N–H and O–H groups in total. The van der Waals surface area contributed by atoms with Gasteiger partial charge in [0.1, 0.15) is 5.82 Å². The third-order valence-electron chi connectivity index (χ3n) is 4.77. The van der Waals surface area contributed by atoms with Gasteiger partial charge >= 0.3 is 0 Å². The molecule has 1 aromatic rings. The van der Waals surface area contributed by atoms with Gasteiger partial charge in [-0.05, 0) is 33.5 Å². The second kappa shape index (κ2) is 6.06. The molecular formula is C15H28N4. The Morgan fingerprint density at radius 3 is 2.58 bits per heavy atom. The third kappa shape index (κ3) is 2.84. The van der Waals surface area contributed by atoms with Crippen molar-refractivity contribution in [2.24, 2.45) is 7.05 Å². The maximum Gasteiger partial charge on any atom is 0.109 e. The molecule has 0 bridgehead atoms. The fourth-order valence-corrected chi connectivity index (χ4v) is 3.57. The molecule has 0 aromatic carbocycles. The number of nitrogens with zero attached hydrogens (tertiary/aromatic N) is 3. The number of hydrogen-bond acceptors (Lipinski definition) is 3. The first-order valence-electron chi connectivity index (χ1n) is 7.47. The summed E-state index contributed by atoms with van der Waals surface area (Å²) >= 11 is 0. The molecule has 1 fully saturated rings. The van der Waals surface area contributed by atoms with Crippen LogP contribution < -0.4 is 5.32 Å². The highest BCUT2D eigenvalue weighted by molar-refractivity contribution is 5.07.